The highest BCUT2D eigenvalue weighted by Crippen LogP contribution is 2.34. The lowest BCUT2D eigenvalue weighted by Crippen LogP contribution is -2.33. The standard InChI is InChI=1S/C18H11Cl2NO4S/c19-12-3-1-10(2-4-12)15(23)9-21-17(24)16(26-18(21)25)8-11-7-13(20)5-6-14(11)22/h1-8,22H,9H2. The van der Waals surface area contributed by atoms with E-state index in [-0.39, 0.29) is 23.0 Å². The van der Waals surface area contributed by atoms with Gasteiger partial charge in [-0.05, 0) is 60.3 Å². The van der Waals surface area contributed by atoms with Gasteiger partial charge in [0.05, 0.1) is 11.4 Å². The van der Waals surface area contributed by atoms with Crippen LogP contribution in [0.5, 0.6) is 5.75 Å². The zero-order chi connectivity index (χ0) is 18.8. The van der Waals surface area contributed by atoms with E-state index in [1.54, 1.807) is 12.1 Å². The Balaban J connectivity index is 1.80. The van der Waals surface area contributed by atoms with E-state index in [1.807, 2.05) is 0 Å². The molecule has 0 aliphatic carbocycles. The lowest BCUT2D eigenvalue weighted by molar-refractivity contribution is -0.122. The molecule has 0 bridgehead atoms. The van der Waals surface area contributed by atoms with E-state index in [2.05, 4.69) is 0 Å². The van der Waals surface area contributed by atoms with E-state index in [1.165, 1.54) is 36.4 Å². The number of thioether (sulfide) groups is 1. The molecule has 1 fully saturated rings. The van der Waals surface area contributed by atoms with Crippen molar-refractivity contribution in [2.75, 3.05) is 6.54 Å². The number of carbonyl (C=O) groups excluding carboxylic acids is 3. The molecule has 26 heavy (non-hydrogen) atoms. The first-order valence-corrected chi connectivity index (χ1v) is 8.95. The van der Waals surface area contributed by atoms with Crippen LogP contribution >= 0.6 is 35.0 Å². The zero-order valence-electron chi connectivity index (χ0n) is 13.1. The minimum Gasteiger partial charge on any atom is -0.507 e. The van der Waals surface area contributed by atoms with E-state index in [0.29, 0.717) is 32.9 Å². The average molecular weight is 408 g/mol. The number of hydrogen-bond acceptors (Lipinski definition) is 5. The van der Waals surface area contributed by atoms with Crippen molar-refractivity contribution in [2.45, 2.75) is 0 Å². The van der Waals surface area contributed by atoms with Crippen molar-refractivity contribution in [1.82, 2.24) is 4.90 Å². The van der Waals surface area contributed by atoms with Crippen LogP contribution in [0.1, 0.15) is 15.9 Å². The summed E-state index contributed by atoms with van der Waals surface area (Å²) in [5.41, 5.74) is 0.664. The number of phenols is 1. The van der Waals surface area contributed by atoms with Crippen LogP contribution in [0.3, 0.4) is 0 Å². The summed E-state index contributed by atoms with van der Waals surface area (Å²) < 4.78 is 0. The Morgan fingerprint density at radius 3 is 2.42 bits per heavy atom. The highest BCUT2D eigenvalue weighted by atomic mass is 35.5. The molecular weight excluding hydrogens is 397 g/mol. The summed E-state index contributed by atoms with van der Waals surface area (Å²) in [7, 11) is 0. The second-order valence-electron chi connectivity index (χ2n) is 5.40. The Kier molecular flexibility index (Phi) is 5.36. The number of phenolic OH excluding ortho intramolecular Hbond substituents is 1. The van der Waals surface area contributed by atoms with Gasteiger partial charge in [-0.1, -0.05) is 23.2 Å². The second-order valence-corrected chi connectivity index (χ2v) is 7.27. The molecule has 2 amide bonds. The lowest BCUT2D eigenvalue weighted by Gasteiger charge is -2.11. The van der Waals surface area contributed by atoms with Gasteiger partial charge in [0, 0.05) is 21.2 Å². The fourth-order valence-corrected chi connectivity index (χ4v) is 3.42. The van der Waals surface area contributed by atoms with E-state index in [4.69, 9.17) is 23.2 Å². The van der Waals surface area contributed by atoms with Gasteiger partial charge in [-0.3, -0.25) is 19.3 Å². The number of Topliss-reactive ketones (excluding diaryl/α,β-unsaturated/α-hetero) is 1. The molecule has 2 aromatic rings. The number of nitrogens with zero attached hydrogens (tertiary/aromatic N) is 1. The van der Waals surface area contributed by atoms with Crippen molar-refractivity contribution in [3.8, 4) is 5.75 Å². The molecule has 0 unspecified atom stereocenters. The van der Waals surface area contributed by atoms with Gasteiger partial charge in [-0.25, -0.2) is 0 Å². The fourth-order valence-electron chi connectivity index (χ4n) is 2.29. The molecule has 1 aliphatic heterocycles. The van der Waals surface area contributed by atoms with Crippen LogP contribution in [0.25, 0.3) is 6.08 Å². The van der Waals surface area contributed by atoms with E-state index < -0.39 is 11.1 Å². The van der Waals surface area contributed by atoms with Crippen molar-refractivity contribution >= 4 is 58.0 Å². The SMILES string of the molecule is O=C(CN1C(=O)SC(=Cc2cc(Cl)ccc2O)C1=O)c1ccc(Cl)cc1. The molecule has 2 aromatic carbocycles. The average Bonchev–Trinajstić information content (AvgIpc) is 2.86. The molecule has 1 saturated heterocycles. The highest BCUT2D eigenvalue weighted by molar-refractivity contribution is 8.18. The molecule has 0 radical (unpaired) electrons. The molecule has 1 N–H and O–H groups in total. The van der Waals surface area contributed by atoms with E-state index in [9.17, 15) is 19.5 Å². The number of hydrogen-bond donors (Lipinski definition) is 1. The minimum absolute atomic E-state index is 0.0709. The molecule has 1 aliphatic rings. The molecule has 0 atom stereocenters. The maximum absolute atomic E-state index is 12.5. The van der Waals surface area contributed by atoms with Gasteiger partial charge < -0.3 is 5.11 Å². The van der Waals surface area contributed by atoms with Crippen molar-refractivity contribution in [2.24, 2.45) is 0 Å². The molecular formula is C18H11Cl2NO4S. The summed E-state index contributed by atoms with van der Waals surface area (Å²) in [5, 5.41) is 10.2. The number of ketones is 1. The van der Waals surface area contributed by atoms with Gasteiger partial charge in [-0.15, -0.1) is 0 Å². The summed E-state index contributed by atoms with van der Waals surface area (Å²) in [4.78, 5) is 37.9. The largest absolute Gasteiger partial charge is 0.507 e. The molecule has 1 heterocycles. The van der Waals surface area contributed by atoms with Gasteiger partial charge in [0.25, 0.3) is 11.1 Å². The van der Waals surface area contributed by atoms with Crippen LogP contribution in [-0.2, 0) is 4.79 Å². The first-order chi connectivity index (χ1) is 12.3. The Hall–Kier alpha value is -2.28. The monoisotopic (exact) mass is 407 g/mol. The van der Waals surface area contributed by atoms with E-state index >= 15 is 0 Å². The van der Waals surface area contributed by atoms with Crippen LogP contribution in [0.2, 0.25) is 10.0 Å². The van der Waals surface area contributed by atoms with Crippen molar-refractivity contribution in [1.29, 1.82) is 0 Å². The Bertz CT molecular complexity index is 941. The third kappa shape index (κ3) is 3.93. The van der Waals surface area contributed by atoms with Crippen LogP contribution < -0.4 is 0 Å². The van der Waals surface area contributed by atoms with Gasteiger partial charge in [-0.2, -0.15) is 0 Å². The Morgan fingerprint density at radius 2 is 1.73 bits per heavy atom. The normalized spacial score (nSPS) is 15.8. The highest BCUT2D eigenvalue weighted by Gasteiger charge is 2.36. The van der Waals surface area contributed by atoms with Crippen molar-refractivity contribution in [3.63, 3.8) is 0 Å². The third-order valence-corrected chi connectivity index (χ3v) is 5.01. The van der Waals surface area contributed by atoms with E-state index in [0.717, 1.165) is 4.90 Å². The lowest BCUT2D eigenvalue weighted by atomic mass is 10.1. The number of rotatable bonds is 4. The fraction of sp³-hybridized carbons (Fsp3) is 0.0556. The first-order valence-electron chi connectivity index (χ1n) is 7.38. The topological polar surface area (TPSA) is 74.7 Å². The quantitative estimate of drug-likeness (QED) is 0.591. The summed E-state index contributed by atoms with van der Waals surface area (Å²) in [5.74, 6) is -1.05. The minimum atomic E-state index is -0.596. The van der Waals surface area contributed by atoms with Crippen LogP contribution in [-0.4, -0.2) is 33.5 Å². The zero-order valence-corrected chi connectivity index (χ0v) is 15.4. The van der Waals surface area contributed by atoms with Gasteiger partial charge in [0.1, 0.15) is 5.75 Å². The number of carbonyl (C=O) groups is 3. The number of halogens is 2. The summed E-state index contributed by atoms with van der Waals surface area (Å²) in [6, 6.07) is 10.6. The predicted molar refractivity (Wildman–Crippen MR) is 102 cm³/mol. The first kappa shape index (κ1) is 18.5. The molecule has 0 spiro atoms. The number of amides is 2. The van der Waals surface area contributed by atoms with Gasteiger partial charge in [0.2, 0.25) is 0 Å². The van der Waals surface area contributed by atoms with Crippen LogP contribution in [0.4, 0.5) is 4.79 Å². The smallest absolute Gasteiger partial charge is 0.293 e. The van der Waals surface area contributed by atoms with Crippen molar-refractivity contribution in [3.05, 3.63) is 68.5 Å². The molecule has 8 heteroatoms. The summed E-state index contributed by atoms with van der Waals surface area (Å²) in [6.07, 6.45) is 1.37. The number of aromatic hydroxyl groups is 1. The number of benzene rings is 2. The maximum atomic E-state index is 12.5. The number of imide groups is 1. The summed E-state index contributed by atoms with van der Waals surface area (Å²) in [6.45, 7) is -0.370. The van der Waals surface area contributed by atoms with Gasteiger partial charge in [0.15, 0.2) is 5.78 Å². The second kappa shape index (κ2) is 7.53. The van der Waals surface area contributed by atoms with Crippen molar-refractivity contribution < 1.29 is 19.5 Å². The molecule has 5 nitrogen and oxygen atoms in total. The Morgan fingerprint density at radius 1 is 1.08 bits per heavy atom. The third-order valence-electron chi connectivity index (χ3n) is 3.62. The molecule has 132 valence electrons. The van der Waals surface area contributed by atoms with Crippen LogP contribution in [0.15, 0.2) is 47.4 Å². The predicted octanol–water partition coefficient (Wildman–Crippen LogP) is 4.62. The van der Waals surface area contributed by atoms with Gasteiger partial charge >= 0.3 is 0 Å². The molecule has 0 aromatic heterocycles. The molecule has 3 rings (SSSR count). The van der Waals surface area contributed by atoms with Crippen LogP contribution in [0, 0.1) is 0 Å². The summed E-state index contributed by atoms with van der Waals surface area (Å²) >= 11 is 12.4. The Labute approximate surface area is 163 Å². The maximum Gasteiger partial charge on any atom is 0.293 e. The molecule has 0 saturated carbocycles.